The van der Waals surface area contributed by atoms with Crippen molar-refractivity contribution in [2.24, 2.45) is 5.92 Å². The Balaban J connectivity index is 1.78. The summed E-state index contributed by atoms with van der Waals surface area (Å²) in [6.07, 6.45) is 6.91. The second kappa shape index (κ2) is 9.86. The van der Waals surface area contributed by atoms with Crippen LogP contribution in [0.2, 0.25) is 0 Å². The molecule has 1 atom stereocenters. The van der Waals surface area contributed by atoms with Crippen LogP contribution in [0.5, 0.6) is 0 Å². The van der Waals surface area contributed by atoms with E-state index in [1.54, 1.807) is 0 Å². The quantitative estimate of drug-likeness (QED) is 0.608. The Morgan fingerprint density at radius 2 is 1.94 bits per heavy atom. The van der Waals surface area contributed by atoms with E-state index in [-0.39, 0.29) is 0 Å². The van der Waals surface area contributed by atoms with Crippen LogP contribution >= 0.6 is 0 Å². The summed E-state index contributed by atoms with van der Waals surface area (Å²) >= 11 is 0. The third kappa shape index (κ3) is 8.58. The van der Waals surface area contributed by atoms with E-state index >= 15 is 0 Å². The van der Waals surface area contributed by atoms with Gasteiger partial charge in [0.05, 0.1) is 6.10 Å². The molecule has 2 N–H and O–H groups in total. The molecule has 1 rings (SSSR count). The van der Waals surface area contributed by atoms with Gasteiger partial charge in [0.1, 0.15) is 0 Å². The van der Waals surface area contributed by atoms with Crippen molar-refractivity contribution in [1.29, 1.82) is 0 Å². The van der Waals surface area contributed by atoms with Gasteiger partial charge >= 0.3 is 0 Å². The molecule has 1 fully saturated rings. The first kappa shape index (κ1) is 14.9. The summed E-state index contributed by atoms with van der Waals surface area (Å²) in [5, 5.41) is 6.92. The zero-order valence-electron chi connectivity index (χ0n) is 11.6. The minimum Gasteiger partial charge on any atom is -0.378 e. The largest absolute Gasteiger partial charge is 0.378 e. The fourth-order valence-electron chi connectivity index (χ4n) is 2.18. The maximum Gasteiger partial charge on any atom is 0.0575 e. The van der Waals surface area contributed by atoms with Gasteiger partial charge in [-0.15, -0.1) is 0 Å². The standard InChI is InChI=1S/C14H30N2O/c1-13(2)12-16-10-9-15-8-5-7-14-6-3-4-11-17-14/h13-16H,3-12H2,1-2H3. The highest BCUT2D eigenvalue weighted by molar-refractivity contribution is 4.64. The van der Waals surface area contributed by atoms with Crippen LogP contribution in [0.1, 0.15) is 46.0 Å². The fraction of sp³-hybridized carbons (Fsp3) is 1.00. The lowest BCUT2D eigenvalue weighted by Crippen LogP contribution is -2.30. The molecule has 0 aliphatic carbocycles. The van der Waals surface area contributed by atoms with E-state index in [0.29, 0.717) is 6.10 Å². The lowest BCUT2D eigenvalue weighted by molar-refractivity contribution is 0.0102. The minimum atomic E-state index is 0.546. The number of hydrogen-bond donors (Lipinski definition) is 2. The number of ether oxygens (including phenoxy) is 1. The van der Waals surface area contributed by atoms with Gasteiger partial charge in [-0.2, -0.15) is 0 Å². The van der Waals surface area contributed by atoms with Crippen LogP contribution in [-0.4, -0.2) is 38.9 Å². The molecule has 0 amide bonds. The first-order valence-electron chi connectivity index (χ1n) is 7.32. The van der Waals surface area contributed by atoms with E-state index < -0.39 is 0 Å². The third-order valence-corrected chi connectivity index (χ3v) is 3.18. The van der Waals surface area contributed by atoms with Crippen LogP contribution in [0.4, 0.5) is 0 Å². The van der Waals surface area contributed by atoms with Gasteiger partial charge in [-0.25, -0.2) is 0 Å². The maximum absolute atomic E-state index is 5.71. The van der Waals surface area contributed by atoms with E-state index in [0.717, 1.165) is 38.7 Å². The third-order valence-electron chi connectivity index (χ3n) is 3.18. The van der Waals surface area contributed by atoms with Crippen LogP contribution in [0.3, 0.4) is 0 Å². The zero-order valence-corrected chi connectivity index (χ0v) is 11.6. The van der Waals surface area contributed by atoms with Gasteiger partial charge < -0.3 is 15.4 Å². The molecule has 1 saturated heterocycles. The van der Waals surface area contributed by atoms with Gasteiger partial charge in [0.2, 0.25) is 0 Å². The van der Waals surface area contributed by atoms with E-state index in [9.17, 15) is 0 Å². The second-order valence-electron chi connectivity index (χ2n) is 5.48. The van der Waals surface area contributed by atoms with Gasteiger partial charge in [-0.1, -0.05) is 13.8 Å². The second-order valence-corrected chi connectivity index (χ2v) is 5.48. The van der Waals surface area contributed by atoms with Crippen LogP contribution in [0.25, 0.3) is 0 Å². The summed E-state index contributed by atoms with van der Waals surface area (Å²) in [5.74, 6) is 0.749. The summed E-state index contributed by atoms with van der Waals surface area (Å²) in [6.45, 7) is 9.88. The molecule has 17 heavy (non-hydrogen) atoms. The Morgan fingerprint density at radius 1 is 1.12 bits per heavy atom. The molecule has 3 heteroatoms. The fourth-order valence-corrected chi connectivity index (χ4v) is 2.18. The van der Waals surface area contributed by atoms with Crippen molar-refractivity contribution in [3.63, 3.8) is 0 Å². The lowest BCUT2D eigenvalue weighted by atomic mass is 10.0. The minimum absolute atomic E-state index is 0.546. The van der Waals surface area contributed by atoms with E-state index in [1.807, 2.05) is 0 Å². The van der Waals surface area contributed by atoms with Crippen molar-refractivity contribution in [3.8, 4) is 0 Å². The molecular formula is C14H30N2O. The van der Waals surface area contributed by atoms with Crippen LogP contribution in [0.15, 0.2) is 0 Å². The molecule has 1 aliphatic rings. The van der Waals surface area contributed by atoms with Crippen LogP contribution in [-0.2, 0) is 4.74 Å². The van der Waals surface area contributed by atoms with Crippen molar-refractivity contribution >= 4 is 0 Å². The molecule has 0 aromatic carbocycles. The van der Waals surface area contributed by atoms with Gasteiger partial charge in [0.25, 0.3) is 0 Å². The number of nitrogens with one attached hydrogen (secondary N) is 2. The Kier molecular flexibility index (Phi) is 8.67. The summed E-state index contributed by atoms with van der Waals surface area (Å²) in [7, 11) is 0. The first-order chi connectivity index (χ1) is 8.29. The molecule has 0 aromatic rings. The normalized spacial score (nSPS) is 21.0. The molecule has 0 aromatic heterocycles. The van der Waals surface area contributed by atoms with Crippen molar-refractivity contribution in [1.82, 2.24) is 10.6 Å². The van der Waals surface area contributed by atoms with Gasteiger partial charge in [-0.3, -0.25) is 0 Å². The van der Waals surface area contributed by atoms with Crippen LogP contribution in [0, 0.1) is 5.92 Å². The summed E-state index contributed by atoms with van der Waals surface area (Å²) in [6, 6.07) is 0. The summed E-state index contributed by atoms with van der Waals surface area (Å²) < 4.78 is 5.71. The molecule has 3 nitrogen and oxygen atoms in total. The first-order valence-corrected chi connectivity index (χ1v) is 7.32. The van der Waals surface area contributed by atoms with Gasteiger partial charge in [-0.05, 0) is 51.1 Å². The molecule has 102 valence electrons. The molecule has 1 aliphatic heterocycles. The smallest absolute Gasteiger partial charge is 0.0575 e. The predicted octanol–water partition coefficient (Wildman–Crippen LogP) is 2.17. The molecule has 0 bridgehead atoms. The monoisotopic (exact) mass is 242 g/mol. The molecular weight excluding hydrogens is 212 g/mol. The molecule has 1 heterocycles. The van der Waals surface area contributed by atoms with Crippen LogP contribution < -0.4 is 10.6 Å². The number of hydrogen-bond acceptors (Lipinski definition) is 3. The predicted molar refractivity (Wildman–Crippen MR) is 73.4 cm³/mol. The van der Waals surface area contributed by atoms with Crippen molar-refractivity contribution in [2.45, 2.75) is 52.1 Å². The van der Waals surface area contributed by atoms with Crippen molar-refractivity contribution < 1.29 is 4.74 Å². The van der Waals surface area contributed by atoms with E-state index in [1.165, 1.54) is 32.1 Å². The highest BCUT2D eigenvalue weighted by Crippen LogP contribution is 2.16. The van der Waals surface area contributed by atoms with E-state index in [2.05, 4.69) is 24.5 Å². The average Bonchev–Trinajstić information content (AvgIpc) is 2.33. The zero-order chi connectivity index (χ0) is 12.3. The SMILES string of the molecule is CC(C)CNCCNCCCC1CCCCO1. The Bertz CT molecular complexity index is 168. The molecule has 0 saturated carbocycles. The summed E-state index contributed by atoms with van der Waals surface area (Å²) in [5.41, 5.74) is 0. The average molecular weight is 242 g/mol. The highest BCUT2D eigenvalue weighted by atomic mass is 16.5. The Morgan fingerprint density at radius 3 is 2.65 bits per heavy atom. The molecule has 1 unspecified atom stereocenters. The number of rotatable bonds is 9. The van der Waals surface area contributed by atoms with Crippen molar-refractivity contribution in [3.05, 3.63) is 0 Å². The topological polar surface area (TPSA) is 33.3 Å². The Hall–Kier alpha value is -0.120. The van der Waals surface area contributed by atoms with Crippen molar-refractivity contribution in [2.75, 3.05) is 32.8 Å². The summed E-state index contributed by atoms with van der Waals surface area (Å²) in [4.78, 5) is 0. The van der Waals surface area contributed by atoms with Gasteiger partial charge in [0, 0.05) is 19.7 Å². The lowest BCUT2D eigenvalue weighted by Gasteiger charge is -2.22. The van der Waals surface area contributed by atoms with E-state index in [4.69, 9.17) is 4.74 Å². The molecule has 0 radical (unpaired) electrons. The van der Waals surface area contributed by atoms with Gasteiger partial charge in [0.15, 0.2) is 0 Å². The highest BCUT2D eigenvalue weighted by Gasteiger charge is 2.12. The molecule has 0 spiro atoms. The maximum atomic E-state index is 5.71. The Labute approximate surface area is 107 Å².